The van der Waals surface area contributed by atoms with Gasteiger partial charge >= 0.3 is 0 Å². The maximum Gasteiger partial charge on any atom is 0.253 e. The summed E-state index contributed by atoms with van der Waals surface area (Å²) in [6.07, 6.45) is 2.02. The van der Waals surface area contributed by atoms with E-state index in [1.54, 1.807) is 30.2 Å². The molecule has 1 aliphatic rings. The number of amides is 2. The lowest BCUT2D eigenvalue weighted by atomic mass is 9.84. The van der Waals surface area contributed by atoms with Gasteiger partial charge in [-0.05, 0) is 104 Å². The number of halogens is 2. The number of ether oxygens (including phenoxy) is 1. The van der Waals surface area contributed by atoms with Crippen molar-refractivity contribution >= 4 is 11.8 Å². The molecule has 242 valence electrons. The molecule has 3 N–H and O–H groups in total. The van der Waals surface area contributed by atoms with E-state index in [-0.39, 0.29) is 29.9 Å². The van der Waals surface area contributed by atoms with Gasteiger partial charge in [-0.1, -0.05) is 26.0 Å². The molecule has 1 aliphatic heterocycles. The molecule has 9 heteroatoms. The molecule has 0 bridgehead atoms. The molecule has 1 saturated heterocycles. The minimum atomic E-state index is -1.05. The molecular weight excluding hydrogens is 576 g/mol. The van der Waals surface area contributed by atoms with Crippen LogP contribution in [0.1, 0.15) is 82.9 Å². The van der Waals surface area contributed by atoms with Crippen molar-refractivity contribution in [3.8, 4) is 5.75 Å². The molecule has 0 radical (unpaired) electrons. The molecule has 3 unspecified atom stereocenters. The second-order valence-corrected chi connectivity index (χ2v) is 12.0. The summed E-state index contributed by atoms with van der Waals surface area (Å²) >= 11 is 0. The molecule has 4 rings (SSSR count). The lowest BCUT2D eigenvalue weighted by Crippen LogP contribution is -2.56. The number of carbonyl (C=O) groups is 2. The Morgan fingerprint density at radius 1 is 1.00 bits per heavy atom. The van der Waals surface area contributed by atoms with Crippen LogP contribution in [0.4, 0.5) is 8.78 Å². The quantitative estimate of drug-likeness (QED) is 0.225. The Bertz CT molecular complexity index is 1430. The maximum atomic E-state index is 14.1. The first kappa shape index (κ1) is 34.1. The first-order valence-corrected chi connectivity index (χ1v) is 15.8. The van der Waals surface area contributed by atoms with E-state index in [0.717, 1.165) is 42.2 Å². The molecule has 4 atom stereocenters. The Labute approximate surface area is 265 Å². The third-order valence-corrected chi connectivity index (χ3v) is 8.40. The van der Waals surface area contributed by atoms with Crippen LogP contribution in [0.5, 0.6) is 5.75 Å². The molecule has 0 spiro atoms. The van der Waals surface area contributed by atoms with Crippen LogP contribution < -0.4 is 15.4 Å². The van der Waals surface area contributed by atoms with Crippen LogP contribution in [-0.2, 0) is 6.42 Å². The zero-order chi connectivity index (χ0) is 32.5. The Kier molecular flexibility index (Phi) is 12.1. The Hall–Kier alpha value is -3.82. The number of benzene rings is 3. The van der Waals surface area contributed by atoms with E-state index >= 15 is 0 Å². The third-order valence-electron chi connectivity index (χ3n) is 8.40. The Morgan fingerprint density at radius 3 is 2.31 bits per heavy atom. The van der Waals surface area contributed by atoms with Crippen molar-refractivity contribution in [2.45, 2.75) is 77.0 Å². The zero-order valence-corrected chi connectivity index (χ0v) is 26.6. The van der Waals surface area contributed by atoms with E-state index in [9.17, 15) is 23.5 Å². The number of piperidine rings is 1. The van der Waals surface area contributed by atoms with Crippen LogP contribution in [-0.4, -0.2) is 66.8 Å². The summed E-state index contributed by atoms with van der Waals surface area (Å²) < 4.78 is 33.6. The first-order valence-electron chi connectivity index (χ1n) is 15.8. The van der Waals surface area contributed by atoms with Gasteiger partial charge in [0.1, 0.15) is 17.4 Å². The van der Waals surface area contributed by atoms with Crippen LogP contribution >= 0.6 is 0 Å². The van der Waals surface area contributed by atoms with Crippen molar-refractivity contribution in [3.63, 3.8) is 0 Å². The predicted molar refractivity (Wildman–Crippen MR) is 172 cm³/mol. The molecule has 2 amide bonds. The normalized spacial score (nSPS) is 17.8. The number of carbonyl (C=O) groups excluding carboxylic acids is 2. The Morgan fingerprint density at radius 2 is 1.69 bits per heavy atom. The van der Waals surface area contributed by atoms with E-state index in [1.807, 2.05) is 39.0 Å². The average molecular weight is 622 g/mol. The van der Waals surface area contributed by atoms with Crippen LogP contribution in [0.2, 0.25) is 0 Å². The van der Waals surface area contributed by atoms with Gasteiger partial charge in [0, 0.05) is 42.9 Å². The molecule has 0 aliphatic carbocycles. The van der Waals surface area contributed by atoms with E-state index in [1.165, 1.54) is 12.1 Å². The summed E-state index contributed by atoms with van der Waals surface area (Å²) in [5.41, 5.74) is 2.90. The van der Waals surface area contributed by atoms with Crippen molar-refractivity contribution in [2.24, 2.45) is 0 Å². The van der Waals surface area contributed by atoms with Crippen molar-refractivity contribution in [1.29, 1.82) is 0 Å². The second-order valence-electron chi connectivity index (χ2n) is 12.0. The zero-order valence-electron chi connectivity index (χ0n) is 26.6. The minimum Gasteiger partial charge on any atom is -0.497 e. The van der Waals surface area contributed by atoms with Gasteiger partial charge in [-0.15, -0.1) is 0 Å². The lowest BCUT2D eigenvalue weighted by molar-refractivity contribution is 0.0630. The van der Waals surface area contributed by atoms with Crippen molar-refractivity contribution in [3.05, 3.63) is 100 Å². The number of methoxy groups -OCH3 is 1. The second kappa shape index (κ2) is 16.0. The highest BCUT2D eigenvalue weighted by molar-refractivity contribution is 6.00. The van der Waals surface area contributed by atoms with Crippen LogP contribution in [0.15, 0.2) is 60.7 Å². The molecule has 1 heterocycles. The van der Waals surface area contributed by atoms with E-state index in [4.69, 9.17) is 4.74 Å². The van der Waals surface area contributed by atoms with Gasteiger partial charge in [-0.3, -0.25) is 9.59 Å². The number of nitrogens with zero attached hydrogens (tertiary/aromatic N) is 1. The number of rotatable bonds is 13. The fraction of sp³-hybridized carbons (Fsp3) is 0.444. The summed E-state index contributed by atoms with van der Waals surface area (Å²) in [6.45, 7) is 7.70. The van der Waals surface area contributed by atoms with Crippen molar-refractivity contribution in [1.82, 2.24) is 15.5 Å². The van der Waals surface area contributed by atoms with E-state index in [2.05, 4.69) is 16.7 Å². The highest BCUT2D eigenvalue weighted by atomic mass is 19.1. The SMILES string of the molecule is CCCN(CCC)C(=O)c1cc(C)cc(C(=O)N[C@@H](Cc2cc(F)cc(F)c2)C(O)C2CCC(c3cccc(OC)c3)CN2)c1. The summed E-state index contributed by atoms with van der Waals surface area (Å²) in [5.74, 6) is -1.07. The number of aliphatic hydroxyl groups is 1. The maximum absolute atomic E-state index is 14.1. The average Bonchev–Trinajstić information content (AvgIpc) is 3.03. The molecule has 7 nitrogen and oxygen atoms in total. The van der Waals surface area contributed by atoms with Crippen molar-refractivity contribution < 1.29 is 28.2 Å². The fourth-order valence-corrected chi connectivity index (χ4v) is 6.20. The van der Waals surface area contributed by atoms with Gasteiger partial charge < -0.3 is 25.4 Å². The molecule has 1 fully saturated rings. The van der Waals surface area contributed by atoms with Crippen molar-refractivity contribution in [2.75, 3.05) is 26.7 Å². The lowest BCUT2D eigenvalue weighted by Gasteiger charge is -2.36. The largest absolute Gasteiger partial charge is 0.497 e. The monoisotopic (exact) mass is 621 g/mol. The van der Waals surface area contributed by atoms with E-state index in [0.29, 0.717) is 37.2 Å². The predicted octanol–water partition coefficient (Wildman–Crippen LogP) is 5.78. The molecular formula is C36H45F2N3O4. The fourth-order valence-electron chi connectivity index (χ4n) is 6.20. The molecule has 0 aromatic heterocycles. The Balaban J connectivity index is 1.55. The first-order chi connectivity index (χ1) is 21.6. The summed E-state index contributed by atoms with van der Waals surface area (Å²) in [7, 11) is 1.63. The van der Waals surface area contributed by atoms with Gasteiger partial charge in [0.25, 0.3) is 11.8 Å². The minimum absolute atomic E-state index is 0.0114. The number of nitrogens with one attached hydrogen (secondary N) is 2. The highest BCUT2D eigenvalue weighted by Gasteiger charge is 2.33. The number of hydrogen-bond donors (Lipinski definition) is 3. The van der Waals surface area contributed by atoms with Crippen LogP contribution in [0, 0.1) is 18.6 Å². The van der Waals surface area contributed by atoms with Crippen LogP contribution in [0.3, 0.4) is 0 Å². The summed E-state index contributed by atoms with van der Waals surface area (Å²) in [5, 5.41) is 18.0. The topological polar surface area (TPSA) is 90.9 Å². The number of aryl methyl sites for hydroxylation is 1. The molecule has 45 heavy (non-hydrogen) atoms. The van der Waals surface area contributed by atoms with Gasteiger partial charge in [-0.2, -0.15) is 0 Å². The number of hydrogen-bond acceptors (Lipinski definition) is 5. The molecule has 0 saturated carbocycles. The van der Waals surface area contributed by atoms with Gasteiger partial charge in [0.05, 0.1) is 19.3 Å². The summed E-state index contributed by atoms with van der Waals surface area (Å²) in [6, 6.07) is 14.9. The van der Waals surface area contributed by atoms with Crippen LogP contribution in [0.25, 0.3) is 0 Å². The number of aliphatic hydroxyl groups excluding tert-OH is 1. The summed E-state index contributed by atoms with van der Waals surface area (Å²) in [4.78, 5) is 28.8. The van der Waals surface area contributed by atoms with Gasteiger partial charge in [-0.25, -0.2) is 8.78 Å². The van der Waals surface area contributed by atoms with E-state index < -0.39 is 29.7 Å². The van der Waals surface area contributed by atoms with Gasteiger partial charge in [0.2, 0.25) is 0 Å². The molecule has 3 aromatic rings. The van der Waals surface area contributed by atoms with Gasteiger partial charge in [0.15, 0.2) is 0 Å². The highest BCUT2D eigenvalue weighted by Crippen LogP contribution is 2.29. The molecule has 3 aromatic carbocycles. The third kappa shape index (κ3) is 9.11. The standard InChI is InChI=1S/C36H45F2N3O4/c1-5-12-41(13-6-2)36(44)28-15-23(3)14-27(19-28)35(43)40-33(18-24-16-29(37)21-30(38)17-24)34(42)32-11-10-26(22-39-32)25-8-7-9-31(20-25)45-4/h7-9,14-17,19-21,26,32-34,39,42H,5-6,10-13,18,22H2,1-4H3,(H,40,43)/t26?,32?,33-,34?/m0/s1. The smallest absolute Gasteiger partial charge is 0.253 e.